The van der Waals surface area contributed by atoms with Crippen molar-refractivity contribution in [1.29, 1.82) is 0 Å². The Morgan fingerprint density at radius 3 is 2.68 bits per heavy atom. The van der Waals surface area contributed by atoms with E-state index in [1.807, 2.05) is 11.5 Å². The Labute approximate surface area is 144 Å². The van der Waals surface area contributed by atoms with E-state index in [2.05, 4.69) is 11.6 Å². The van der Waals surface area contributed by atoms with E-state index in [0.29, 0.717) is 40.5 Å². The van der Waals surface area contributed by atoms with Crippen LogP contribution in [0, 0.1) is 11.6 Å². The summed E-state index contributed by atoms with van der Waals surface area (Å²) in [5.74, 6) is -0.998. The zero-order chi connectivity index (χ0) is 18.1. The lowest BCUT2D eigenvalue weighted by atomic mass is 10.2. The number of imidazole rings is 1. The highest BCUT2D eigenvalue weighted by molar-refractivity contribution is 5.83. The molecule has 0 spiro atoms. The molecule has 1 aromatic heterocycles. The fourth-order valence-electron chi connectivity index (χ4n) is 2.69. The first-order chi connectivity index (χ1) is 12.0. The molecule has 0 aliphatic heterocycles. The lowest BCUT2D eigenvalue weighted by molar-refractivity contribution is 0.238. The smallest absolute Gasteiger partial charge is 0.161 e. The predicted octanol–water partition coefficient (Wildman–Crippen LogP) is 3.34. The summed E-state index contributed by atoms with van der Waals surface area (Å²) in [5.41, 5.74) is 13.5. The maximum atomic E-state index is 13.7. The Hall–Kier alpha value is -2.83. The van der Waals surface area contributed by atoms with Gasteiger partial charge in [0.1, 0.15) is 11.6 Å². The van der Waals surface area contributed by atoms with Crippen LogP contribution in [0.3, 0.4) is 0 Å². The van der Waals surface area contributed by atoms with Crippen LogP contribution in [0.5, 0.6) is 0 Å². The molecule has 3 rings (SSSR count). The van der Waals surface area contributed by atoms with Gasteiger partial charge in [-0.1, -0.05) is 6.58 Å². The van der Waals surface area contributed by atoms with Crippen molar-refractivity contribution >= 4 is 16.6 Å². The van der Waals surface area contributed by atoms with Crippen LogP contribution in [0.1, 0.15) is 31.6 Å². The third kappa shape index (κ3) is 3.22. The summed E-state index contributed by atoms with van der Waals surface area (Å²) in [5, 5.41) is 0. The van der Waals surface area contributed by atoms with E-state index in [1.165, 1.54) is 12.3 Å². The number of fused-ring (bicyclic) bond motifs is 1. The molecule has 25 heavy (non-hydrogen) atoms. The maximum absolute atomic E-state index is 13.7. The second-order valence-electron chi connectivity index (χ2n) is 5.87. The van der Waals surface area contributed by atoms with Gasteiger partial charge in [-0.15, -0.1) is 0 Å². The van der Waals surface area contributed by atoms with Crippen LogP contribution >= 0.6 is 0 Å². The largest absolute Gasteiger partial charge is 0.492 e. The van der Waals surface area contributed by atoms with Crippen molar-refractivity contribution in [3.63, 3.8) is 0 Å². The summed E-state index contributed by atoms with van der Waals surface area (Å²) < 4.78 is 34.4. The number of halogens is 2. The Balaban J connectivity index is 2.11. The monoisotopic (exact) mass is 346 g/mol. The minimum atomic E-state index is -0.933. The number of nitrogens with zero attached hydrogens (tertiary/aromatic N) is 2. The molecule has 0 atom stereocenters. The van der Waals surface area contributed by atoms with Crippen molar-refractivity contribution in [2.45, 2.75) is 25.8 Å². The van der Waals surface area contributed by atoms with E-state index in [-0.39, 0.29) is 6.04 Å². The number of allylic oxidation sites excluding steroid dienone is 2. The summed E-state index contributed by atoms with van der Waals surface area (Å²) in [6.07, 6.45) is 4.85. The predicted molar refractivity (Wildman–Crippen MR) is 93.1 cm³/mol. The fourth-order valence-corrected chi connectivity index (χ4v) is 2.69. The molecule has 2 aromatic rings. The number of hydrogen-bond acceptors (Lipinski definition) is 4. The normalized spacial score (nSPS) is 15.6. The molecule has 4 N–H and O–H groups in total. The molecule has 0 amide bonds. The summed E-state index contributed by atoms with van der Waals surface area (Å²) >= 11 is 0. The number of aromatic nitrogens is 2. The highest BCUT2D eigenvalue weighted by Crippen LogP contribution is 2.40. The molecule has 1 heterocycles. The van der Waals surface area contributed by atoms with Gasteiger partial charge in [0.2, 0.25) is 0 Å². The van der Waals surface area contributed by atoms with Gasteiger partial charge >= 0.3 is 0 Å². The van der Waals surface area contributed by atoms with Gasteiger partial charge in [0, 0.05) is 29.9 Å². The second kappa shape index (κ2) is 6.58. The van der Waals surface area contributed by atoms with Crippen molar-refractivity contribution in [3.05, 3.63) is 59.9 Å². The molecule has 7 heteroatoms. The molecule has 0 bridgehead atoms. The van der Waals surface area contributed by atoms with Crippen LogP contribution in [0.2, 0.25) is 0 Å². The fraction of sp³-hybridized carbons (Fsp3) is 0.278. The third-order valence-electron chi connectivity index (χ3n) is 4.03. The van der Waals surface area contributed by atoms with Gasteiger partial charge < -0.3 is 20.8 Å². The summed E-state index contributed by atoms with van der Waals surface area (Å²) in [7, 11) is 0. The third-order valence-corrected chi connectivity index (χ3v) is 4.03. The van der Waals surface area contributed by atoms with Crippen molar-refractivity contribution in [2.24, 2.45) is 11.5 Å². The zero-order valence-corrected chi connectivity index (χ0v) is 13.9. The van der Waals surface area contributed by atoms with E-state index >= 15 is 0 Å². The Morgan fingerprint density at radius 2 is 2.08 bits per heavy atom. The molecule has 1 aliphatic rings. The summed E-state index contributed by atoms with van der Waals surface area (Å²) in [6, 6.07) is 2.44. The number of nitrogens with two attached hydrogens (primary N) is 2. The van der Waals surface area contributed by atoms with Crippen LogP contribution in [0.25, 0.3) is 16.6 Å². The molecule has 1 aromatic carbocycles. The Kier molecular flexibility index (Phi) is 4.48. The van der Waals surface area contributed by atoms with Crippen molar-refractivity contribution in [3.8, 4) is 0 Å². The highest BCUT2D eigenvalue weighted by atomic mass is 19.2. The topological polar surface area (TPSA) is 79.1 Å². The summed E-state index contributed by atoms with van der Waals surface area (Å²) in [6.45, 7) is 6.02. The van der Waals surface area contributed by atoms with Gasteiger partial charge in [0.25, 0.3) is 0 Å². The number of rotatable bonds is 6. The molecule has 5 nitrogen and oxygen atoms in total. The molecule has 0 saturated heterocycles. The van der Waals surface area contributed by atoms with Crippen molar-refractivity contribution < 1.29 is 13.5 Å². The van der Waals surface area contributed by atoms with Crippen LogP contribution in [0.15, 0.2) is 42.4 Å². The Morgan fingerprint density at radius 1 is 1.40 bits per heavy atom. The molecule has 1 fully saturated rings. The van der Waals surface area contributed by atoms with E-state index in [9.17, 15) is 8.78 Å². The van der Waals surface area contributed by atoms with Crippen LogP contribution in [-0.2, 0) is 4.74 Å². The van der Waals surface area contributed by atoms with Crippen molar-refractivity contribution in [1.82, 2.24) is 9.55 Å². The van der Waals surface area contributed by atoms with Crippen LogP contribution in [0.4, 0.5) is 8.78 Å². The van der Waals surface area contributed by atoms with E-state index in [1.54, 1.807) is 6.08 Å². The zero-order valence-electron chi connectivity index (χ0n) is 13.9. The highest BCUT2D eigenvalue weighted by Gasteiger charge is 2.29. The Bertz CT molecular complexity index is 894. The minimum absolute atomic E-state index is 0.185. The van der Waals surface area contributed by atoms with E-state index in [0.717, 1.165) is 18.9 Å². The molecule has 0 radical (unpaired) electrons. The number of ether oxygens (including phenoxy) is 1. The first kappa shape index (κ1) is 17.0. The SMILES string of the molecule is C=C(OCC)/C(N)=C/C(=C\N)c1nc2cc(F)c(F)cc2n1C1CC1. The van der Waals surface area contributed by atoms with E-state index < -0.39 is 11.6 Å². The van der Waals surface area contributed by atoms with Gasteiger partial charge in [-0.2, -0.15) is 0 Å². The van der Waals surface area contributed by atoms with Gasteiger partial charge in [-0.05, 0) is 25.8 Å². The van der Waals surface area contributed by atoms with Crippen molar-refractivity contribution in [2.75, 3.05) is 6.61 Å². The first-order valence-corrected chi connectivity index (χ1v) is 8.04. The maximum Gasteiger partial charge on any atom is 0.161 e. The number of hydrogen-bond donors (Lipinski definition) is 2. The number of benzene rings is 1. The summed E-state index contributed by atoms with van der Waals surface area (Å²) in [4.78, 5) is 4.44. The molecular formula is C18H20F2N4O. The average molecular weight is 346 g/mol. The van der Waals surface area contributed by atoms with Gasteiger partial charge in [0.05, 0.1) is 23.3 Å². The molecule has 132 valence electrons. The molecular weight excluding hydrogens is 326 g/mol. The lowest BCUT2D eigenvalue weighted by Gasteiger charge is -2.10. The minimum Gasteiger partial charge on any atom is -0.492 e. The van der Waals surface area contributed by atoms with Gasteiger partial charge in [-0.25, -0.2) is 13.8 Å². The van der Waals surface area contributed by atoms with Crippen LogP contribution < -0.4 is 11.5 Å². The first-order valence-electron chi connectivity index (χ1n) is 8.04. The lowest BCUT2D eigenvalue weighted by Crippen LogP contribution is -2.07. The van der Waals surface area contributed by atoms with Gasteiger partial charge in [-0.3, -0.25) is 0 Å². The molecule has 1 saturated carbocycles. The standard InChI is InChI=1S/C18H20F2N4O/c1-3-25-10(2)15(22)6-11(9-21)18-23-16-7-13(19)14(20)8-17(16)24(18)12-4-5-12/h6-9,12H,2-5,21-22H2,1H3/b11-9+,15-6-. The van der Waals surface area contributed by atoms with Gasteiger partial charge in [0.15, 0.2) is 11.6 Å². The second-order valence-corrected chi connectivity index (χ2v) is 5.87. The molecule has 1 aliphatic carbocycles. The average Bonchev–Trinajstić information content (AvgIpc) is 3.35. The van der Waals surface area contributed by atoms with Crippen LogP contribution in [-0.4, -0.2) is 16.2 Å². The molecule has 0 unspecified atom stereocenters. The quantitative estimate of drug-likeness (QED) is 0.621. The van der Waals surface area contributed by atoms with E-state index in [4.69, 9.17) is 16.2 Å².